The van der Waals surface area contributed by atoms with Crippen LogP contribution in [-0.2, 0) is 6.54 Å². The number of rotatable bonds is 2. The van der Waals surface area contributed by atoms with Gasteiger partial charge in [0.1, 0.15) is 11.3 Å². The molecule has 0 spiro atoms. The van der Waals surface area contributed by atoms with Gasteiger partial charge in [0.05, 0.1) is 22.0 Å². The van der Waals surface area contributed by atoms with Crippen LogP contribution in [-0.4, -0.2) is 22.1 Å². The average Bonchev–Trinajstić information content (AvgIpc) is 2.25. The molecule has 0 aliphatic carbocycles. The lowest BCUT2D eigenvalue weighted by molar-refractivity contribution is 0.480. The number of phenolic OH excluding ortho intramolecular Hbond substituents is 1. The molecule has 0 aliphatic heterocycles. The first kappa shape index (κ1) is 12.2. The van der Waals surface area contributed by atoms with Gasteiger partial charge in [-0.3, -0.25) is 4.79 Å². The molecule has 0 fully saturated rings. The molecule has 0 bridgehead atoms. The molecule has 1 aromatic heterocycles. The van der Waals surface area contributed by atoms with Crippen molar-refractivity contribution in [2.24, 2.45) is 0 Å². The topological polar surface area (TPSA) is 78.0 Å². The fourth-order valence-corrected chi connectivity index (χ4v) is 2.07. The van der Waals surface area contributed by atoms with Crippen LogP contribution in [0, 0.1) is 0 Å². The Balaban J connectivity index is 2.86. The van der Waals surface area contributed by atoms with Gasteiger partial charge in [0.2, 0.25) is 0 Å². The highest BCUT2D eigenvalue weighted by Gasteiger charge is 2.14. The van der Waals surface area contributed by atoms with Crippen molar-refractivity contribution < 1.29 is 5.11 Å². The number of H-pyrrole nitrogens is 1. The summed E-state index contributed by atoms with van der Waals surface area (Å²) < 4.78 is 0. The summed E-state index contributed by atoms with van der Waals surface area (Å²) in [4.78, 5) is 18.5. The molecule has 0 atom stereocenters. The number of hydrogen-bond acceptors (Lipinski definition) is 4. The second-order valence-electron chi connectivity index (χ2n) is 3.46. The fraction of sp³-hybridized carbons (Fsp3) is 0.200. The van der Waals surface area contributed by atoms with Gasteiger partial charge in [0, 0.05) is 0 Å². The van der Waals surface area contributed by atoms with Crippen molar-refractivity contribution in [2.45, 2.75) is 6.54 Å². The molecule has 7 heteroatoms. The van der Waals surface area contributed by atoms with Crippen molar-refractivity contribution in [3.05, 3.63) is 32.3 Å². The number of halogens is 2. The molecule has 0 saturated heterocycles. The molecule has 0 amide bonds. The highest BCUT2D eigenvalue weighted by atomic mass is 35.5. The summed E-state index contributed by atoms with van der Waals surface area (Å²) in [5.41, 5.74) is -0.297. The van der Waals surface area contributed by atoms with Crippen molar-refractivity contribution in [3.63, 3.8) is 0 Å². The maximum atomic E-state index is 11.8. The molecule has 3 N–H and O–H groups in total. The van der Waals surface area contributed by atoms with Crippen LogP contribution < -0.4 is 10.9 Å². The third-order valence-corrected chi connectivity index (χ3v) is 2.84. The maximum Gasteiger partial charge on any atom is 0.260 e. The normalized spacial score (nSPS) is 11.0. The second-order valence-corrected chi connectivity index (χ2v) is 4.27. The highest BCUT2D eigenvalue weighted by molar-refractivity contribution is 6.39. The summed E-state index contributed by atoms with van der Waals surface area (Å²) in [7, 11) is 1.72. The van der Waals surface area contributed by atoms with Crippen molar-refractivity contribution >= 4 is 34.1 Å². The predicted octanol–water partition coefficient (Wildman–Crippen LogP) is 1.65. The minimum Gasteiger partial charge on any atom is -0.504 e. The largest absolute Gasteiger partial charge is 0.504 e. The summed E-state index contributed by atoms with van der Waals surface area (Å²) >= 11 is 11.7. The van der Waals surface area contributed by atoms with E-state index in [9.17, 15) is 9.90 Å². The van der Waals surface area contributed by atoms with E-state index in [0.717, 1.165) is 0 Å². The van der Waals surface area contributed by atoms with Gasteiger partial charge in [-0.1, -0.05) is 23.2 Å². The number of aromatic hydroxyl groups is 1. The Morgan fingerprint density at radius 1 is 1.47 bits per heavy atom. The van der Waals surface area contributed by atoms with E-state index in [1.165, 1.54) is 6.07 Å². The molecule has 0 radical (unpaired) electrons. The monoisotopic (exact) mass is 273 g/mol. The zero-order valence-electron chi connectivity index (χ0n) is 8.84. The van der Waals surface area contributed by atoms with Gasteiger partial charge in [-0.15, -0.1) is 0 Å². The molecule has 0 unspecified atom stereocenters. The second kappa shape index (κ2) is 4.52. The van der Waals surface area contributed by atoms with Gasteiger partial charge in [-0.05, 0) is 13.1 Å². The number of nitrogens with zero attached hydrogens (tertiary/aromatic N) is 1. The number of benzene rings is 1. The maximum absolute atomic E-state index is 11.8. The molecule has 0 saturated carbocycles. The van der Waals surface area contributed by atoms with E-state index in [-0.39, 0.29) is 26.7 Å². The highest BCUT2D eigenvalue weighted by Crippen LogP contribution is 2.34. The average molecular weight is 274 g/mol. The van der Waals surface area contributed by atoms with Crippen molar-refractivity contribution in [2.75, 3.05) is 7.05 Å². The first-order valence-corrected chi connectivity index (χ1v) is 5.54. The van der Waals surface area contributed by atoms with E-state index in [1.807, 2.05) is 0 Å². The van der Waals surface area contributed by atoms with Gasteiger partial charge < -0.3 is 15.4 Å². The van der Waals surface area contributed by atoms with Crippen molar-refractivity contribution in [3.8, 4) is 5.75 Å². The number of hydrogen-bond donors (Lipinski definition) is 3. The Bertz CT molecular complexity index is 639. The minimum atomic E-state index is -0.405. The molecule has 90 valence electrons. The van der Waals surface area contributed by atoms with E-state index >= 15 is 0 Å². The summed E-state index contributed by atoms with van der Waals surface area (Å²) in [6.45, 7) is 0.370. The van der Waals surface area contributed by atoms with E-state index in [0.29, 0.717) is 12.4 Å². The Hall–Kier alpha value is -1.30. The molecule has 2 aromatic rings. The smallest absolute Gasteiger partial charge is 0.260 e. The number of fused-ring (bicyclic) bond motifs is 1. The van der Waals surface area contributed by atoms with Crippen molar-refractivity contribution in [1.29, 1.82) is 0 Å². The van der Waals surface area contributed by atoms with Gasteiger partial charge in [0.15, 0.2) is 5.75 Å². The third-order valence-electron chi connectivity index (χ3n) is 2.26. The Morgan fingerprint density at radius 3 is 2.82 bits per heavy atom. The fourth-order valence-electron chi connectivity index (χ4n) is 1.53. The van der Waals surface area contributed by atoms with E-state index < -0.39 is 5.56 Å². The number of phenols is 1. The minimum absolute atomic E-state index is 0.0657. The van der Waals surface area contributed by atoms with Crippen LogP contribution >= 0.6 is 23.2 Å². The molecular weight excluding hydrogens is 265 g/mol. The molecule has 0 aliphatic rings. The SMILES string of the molecule is CNCc1nc2c(O)c(Cl)cc(Cl)c2c(=O)[nH]1. The number of aromatic amines is 1. The molecule has 1 heterocycles. The summed E-state index contributed by atoms with van der Waals surface area (Å²) in [5, 5.41) is 13.0. The summed E-state index contributed by atoms with van der Waals surface area (Å²) in [6.07, 6.45) is 0. The molecule has 1 aromatic carbocycles. The van der Waals surface area contributed by atoms with E-state index in [2.05, 4.69) is 15.3 Å². The van der Waals surface area contributed by atoms with Gasteiger partial charge >= 0.3 is 0 Å². The van der Waals surface area contributed by atoms with Gasteiger partial charge in [-0.25, -0.2) is 4.98 Å². The van der Waals surface area contributed by atoms with Crippen LogP contribution in [0.4, 0.5) is 0 Å². The Kier molecular flexibility index (Phi) is 3.24. The van der Waals surface area contributed by atoms with Gasteiger partial charge in [0.25, 0.3) is 5.56 Å². The van der Waals surface area contributed by atoms with E-state index in [1.54, 1.807) is 7.05 Å². The first-order chi connectivity index (χ1) is 8.04. The lowest BCUT2D eigenvalue weighted by atomic mass is 10.2. The summed E-state index contributed by atoms with van der Waals surface area (Å²) in [5.74, 6) is 0.160. The lowest BCUT2D eigenvalue weighted by Crippen LogP contribution is -2.17. The molecule has 5 nitrogen and oxygen atoms in total. The number of aromatic nitrogens is 2. The predicted molar refractivity (Wildman–Crippen MR) is 66.8 cm³/mol. The Labute approximate surface area is 106 Å². The van der Waals surface area contributed by atoms with Crippen LogP contribution in [0.25, 0.3) is 10.9 Å². The lowest BCUT2D eigenvalue weighted by Gasteiger charge is -2.06. The van der Waals surface area contributed by atoms with Crippen LogP contribution in [0.5, 0.6) is 5.75 Å². The van der Waals surface area contributed by atoms with Gasteiger partial charge in [-0.2, -0.15) is 0 Å². The molecule has 2 rings (SSSR count). The third kappa shape index (κ3) is 2.09. The first-order valence-electron chi connectivity index (χ1n) is 4.79. The zero-order chi connectivity index (χ0) is 12.6. The zero-order valence-corrected chi connectivity index (χ0v) is 10.4. The Morgan fingerprint density at radius 2 is 2.18 bits per heavy atom. The molecular formula is C10H9Cl2N3O2. The molecule has 17 heavy (non-hydrogen) atoms. The standard InChI is InChI=1S/C10H9Cl2N3O2/c1-13-3-6-14-8-7(10(17)15-6)4(11)2-5(12)9(8)16/h2,13,16H,3H2,1H3,(H,14,15,17). The van der Waals surface area contributed by atoms with Crippen LogP contribution in [0.3, 0.4) is 0 Å². The van der Waals surface area contributed by atoms with Crippen LogP contribution in [0.1, 0.15) is 5.82 Å². The summed E-state index contributed by atoms with van der Waals surface area (Å²) in [6, 6.07) is 1.31. The van der Waals surface area contributed by atoms with E-state index in [4.69, 9.17) is 23.2 Å². The number of nitrogens with one attached hydrogen (secondary N) is 2. The van der Waals surface area contributed by atoms with Crippen molar-refractivity contribution in [1.82, 2.24) is 15.3 Å². The van der Waals surface area contributed by atoms with Crippen LogP contribution in [0.15, 0.2) is 10.9 Å². The quantitative estimate of drug-likeness (QED) is 0.778. The van der Waals surface area contributed by atoms with Crippen LogP contribution in [0.2, 0.25) is 10.0 Å².